The zero-order chi connectivity index (χ0) is 15.0. The highest BCUT2D eigenvalue weighted by atomic mass is 16.1. The Balaban J connectivity index is 2.10. The summed E-state index contributed by atoms with van der Waals surface area (Å²) in [6, 6.07) is 0.298. The van der Waals surface area contributed by atoms with E-state index in [1.165, 1.54) is 25.7 Å². The number of hydrogen-bond acceptors (Lipinski definition) is 2. The van der Waals surface area contributed by atoms with Crippen LogP contribution in [-0.2, 0) is 4.79 Å². The predicted molar refractivity (Wildman–Crippen MR) is 83.5 cm³/mol. The molecule has 5 heteroatoms. The molecule has 1 saturated carbocycles. The van der Waals surface area contributed by atoms with Crippen molar-refractivity contribution < 1.29 is 4.79 Å². The van der Waals surface area contributed by atoms with Gasteiger partial charge in [-0.25, -0.2) is 4.99 Å². The Kier molecular flexibility index (Phi) is 7.41. The molecule has 0 aromatic heterocycles. The average molecular weight is 282 g/mol. The number of amides is 1. The van der Waals surface area contributed by atoms with Gasteiger partial charge in [0.25, 0.3) is 0 Å². The molecule has 1 aliphatic rings. The van der Waals surface area contributed by atoms with Crippen LogP contribution in [0.25, 0.3) is 0 Å². The lowest BCUT2D eigenvalue weighted by Crippen LogP contribution is -2.39. The van der Waals surface area contributed by atoms with Crippen LogP contribution in [0.1, 0.15) is 52.9 Å². The van der Waals surface area contributed by atoms with Crippen LogP contribution < -0.4 is 16.4 Å². The minimum atomic E-state index is -0.0471. The SMILES string of the molecule is CC(C)CCCC(C)NC(N)=NCC(=O)NCC1CC1. The van der Waals surface area contributed by atoms with E-state index >= 15 is 0 Å². The van der Waals surface area contributed by atoms with Crippen LogP contribution in [-0.4, -0.2) is 31.0 Å². The number of nitrogens with one attached hydrogen (secondary N) is 2. The number of aliphatic imine (C=N–C) groups is 1. The summed E-state index contributed by atoms with van der Waals surface area (Å²) in [5.41, 5.74) is 5.78. The van der Waals surface area contributed by atoms with E-state index in [-0.39, 0.29) is 12.5 Å². The second-order valence-electron chi connectivity index (χ2n) is 6.32. The molecule has 1 fully saturated rings. The smallest absolute Gasteiger partial charge is 0.241 e. The van der Waals surface area contributed by atoms with Crippen molar-refractivity contribution in [3.8, 4) is 0 Å². The van der Waals surface area contributed by atoms with Gasteiger partial charge in [0.1, 0.15) is 6.54 Å². The third-order valence-corrected chi connectivity index (χ3v) is 3.49. The van der Waals surface area contributed by atoms with Crippen molar-refractivity contribution in [2.24, 2.45) is 22.6 Å². The van der Waals surface area contributed by atoms with Gasteiger partial charge in [0.2, 0.25) is 5.91 Å². The second-order valence-corrected chi connectivity index (χ2v) is 6.32. The highest BCUT2D eigenvalue weighted by Crippen LogP contribution is 2.27. The Morgan fingerprint density at radius 2 is 2.00 bits per heavy atom. The Bertz CT molecular complexity index is 324. The molecule has 0 bridgehead atoms. The van der Waals surface area contributed by atoms with Gasteiger partial charge in [0.05, 0.1) is 0 Å². The zero-order valence-electron chi connectivity index (χ0n) is 13.1. The quantitative estimate of drug-likeness (QED) is 0.444. The number of nitrogens with two attached hydrogens (primary N) is 1. The maximum Gasteiger partial charge on any atom is 0.241 e. The third kappa shape index (κ3) is 8.77. The summed E-state index contributed by atoms with van der Waals surface area (Å²) in [5, 5.41) is 6.00. The van der Waals surface area contributed by atoms with Crippen molar-refractivity contribution in [1.29, 1.82) is 0 Å². The molecular weight excluding hydrogens is 252 g/mol. The van der Waals surface area contributed by atoms with Gasteiger partial charge in [0, 0.05) is 12.6 Å². The van der Waals surface area contributed by atoms with E-state index in [9.17, 15) is 4.79 Å². The summed E-state index contributed by atoms with van der Waals surface area (Å²) in [7, 11) is 0. The summed E-state index contributed by atoms with van der Waals surface area (Å²) in [6.45, 7) is 7.45. The normalized spacial score (nSPS) is 17.1. The fourth-order valence-electron chi connectivity index (χ4n) is 2.00. The molecule has 1 aliphatic carbocycles. The molecule has 0 heterocycles. The van der Waals surface area contributed by atoms with Crippen molar-refractivity contribution in [2.45, 2.75) is 58.9 Å². The first-order valence-corrected chi connectivity index (χ1v) is 7.80. The number of carbonyl (C=O) groups excluding carboxylic acids is 1. The molecule has 0 spiro atoms. The minimum Gasteiger partial charge on any atom is -0.370 e. The van der Waals surface area contributed by atoms with Gasteiger partial charge in [-0.1, -0.05) is 26.7 Å². The first kappa shape index (κ1) is 16.8. The number of carbonyl (C=O) groups is 1. The number of nitrogens with zero attached hydrogens (tertiary/aromatic N) is 1. The first-order valence-electron chi connectivity index (χ1n) is 7.80. The molecular formula is C15H30N4O. The minimum absolute atomic E-state index is 0.0471. The van der Waals surface area contributed by atoms with E-state index in [4.69, 9.17) is 5.73 Å². The second kappa shape index (κ2) is 8.82. The van der Waals surface area contributed by atoms with Gasteiger partial charge < -0.3 is 16.4 Å². The fraction of sp³-hybridized carbons (Fsp3) is 0.867. The van der Waals surface area contributed by atoms with Crippen LogP contribution in [0, 0.1) is 11.8 Å². The molecule has 0 radical (unpaired) electrons. The van der Waals surface area contributed by atoms with Crippen LogP contribution in [0.5, 0.6) is 0 Å². The molecule has 1 atom stereocenters. The predicted octanol–water partition coefficient (Wildman–Crippen LogP) is 1.63. The van der Waals surface area contributed by atoms with Crippen LogP contribution in [0.4, 0.5) is 0 Å². The number of hydrogen-bond donors (Lipinski definition) is 3. The lowest BCUT2D eigenvalue weighted by Gasteiger charge is -2.15. The van der Waals surface area contributed by atoms with Crippen molar-refractivity contribution in [3.63, 3.8) is 0 Å². The Morgan fingerprint density at radius 1 is 1.30 bits per heavy atom. The zero-order valence-corrected chi connectivity index (χ0v) is 13.1. The maximum atomic E-state index is 11.5. The maximum absolute atomic E-state index is 11.5. The van der Waals surface area contributed by atoms with Gasteiger partial charge in [-0.3, -0.25) is 4.79 Å². The van der Waals surface area contributed by atoms with Gasteiger partial charge in [-0.15, -0.1) is 0 Å². The van der Waals surface area contributed by atoms with Crippen molar-refractivity contribution >= 4 is 11.9 Å². The number of rotatable bonds is 9. The Hall–Kier alpha value is -1.26. The van der Waals surface area contributed by atoms with Crippen molar-refractivity contribution in [1.82, 2.24) is 10.6 Å². The van der Waals surface area contributed by atoms with Gasteiger partial charge >= 0.3 is 0 Å². The standard InChI is InChI=1S/C15H30N4O/c1-11(2)5-4-6-12(3)19-15(16)18-10-14(20)17-9-13-7-8-13/h11-13H,4-10H2,1-3H3,(H,17,20)(H3,16,18,19). The topological polar surface area (TPSA) is 79.5 Å². The molecule has 20 heavy (non-hydrogen) atoms. The number of guanidine groups is 1. The highest BCUT2D eigenvalue weighted by molar-refractivity contribution is 5.84. The van der Waals surface area contributed by atoms with E-state index in [2.05, 4.69) is 36.4 Å². The van der Waals surface area contributed by atoms with Crippen LogP contribution in [0.2, 0.25) is 0 Å². The molecule has 5 nitrogen and oxygen atoms in total. The molecule has 0 aromatic rings. The summed E-state index contributed by atoms with van der Waals surface area (Å²) in [5.74, 6) is 1.75. The Morgan fingerprint density at radius 3 is 2.60 bits per heavy atom. The summed E-state index contributed by atoms with van der Waals surface area (Å²) in [6.07, 6.45) is 5.96. The van der Waals surface area contributed by atoms with E-state index < -0.39 is 0 Å². The van der Waals surface area contributed by atoms with Crippen molar-refractivity contribution in [3.05, 3.63) is 0 Å². The van der Waals surface area contributed by atoms with E-state index in [1.807, 2.05) is 0 Å². The summed E-state index contributed by atoms with van der Waals surface area (Å²) >= 11 is 0. The monoisotopic (exact) mass is 282 g/mol. The van der Waals surface area contributed by atoms with E-state index in [0.717, 1.165) is 18.9 Å². The molecule has 4 N–H and O–H groups in total. The van der Waals surface area contributed by atoms with Gasteiger partial charge in [-0.2, -0.15) is 0 Å². The first-order chi connectivity index (χ1) is 9.47. The summed E-state index contributed by atoms with van der Waals surface area (Å²) < 4.78 is 0. The average Bonchev–Trinajstić information content (AvgIpc) is 3.17. The van der Waals surface area contributed by atoms with Gasteiger partial charge in [0.15, 0.2) is 5.96 Å². The van der Waals surface area contributed by atoms with E-state index in [1.54, 1.807) is 0 Å². The van der Waals surface area contributed by atoms with Gasteiger partial charge in [-0.05, 0) is 38.0 Å². The molecule has 0 saturated heterocycles. The lowest BCUT2D eigenvalue weighted by molar-refractivity contribution is -0.119. The lowest BCUT2D eigenvalue weighted by atomic mass is 10.0. The molecule has 0 aromatic carbocycles. The van der Waals surface area contributed by atoms with E-state index in [0.29, 0.717) is 17.9 Å². The molecule has 0 aliphatic heterocycles. The highest BCUT2D eigenvalue weighted by Gasteiger charge is 2.21. The molecule has 116 valence electrons. The van der Waals surface area contributed by atoms with Crippen LogP contribution >= 0.6 is 0 Å². The van der Waals surface area contributed by atoms with Crippen LogP contribution in [0.3, 0.4) is 0 Å². The van der Waals surface area contributed by atoms with Crippen LogP contribution in [0.15, 0.2) is 4.99 Å². The largest absolute Gasteiger partial charge is 0.370 e. The Labute approximate surface area is 122 Å². The summed E-state index contributed by atoms with van der Waals surface area (Å²) in [4.78, 5) is 15.6. The molecule has 1 rings (SSSR count). The molecule has 1 amide bonds. The third-order valence-electron chi connectivity index (χ3n) is 3.49. The fourth-order valence-corrected chi connectivity index (χ4v) is 2.00. The molecule has 1 unspecified atom stereocenters. The van der Waals surface area contributed by atoms with Crippen molar-refractivity contribution in [2.75, 3.05) is 13.1 Å².